The van der Waals surface area contributed by atoms with E-state index in [1.807, 2.05) is 6.07 Å². The first-order valence-electron chi connectivity index (χ1n) is 6.84. The Morgan fingerprint density at radius 2 is 2.09 bits per heavy atom. The van der Waals surface area contributed by atoms with Crippen molar-refractivity contribution < 1.29 is 19.4 Å². The minimum atomic E-state index is -0.838. The van der Waals surface area contributed by atoms with Crippen LogP contribution >= 0.6 is 22.6 Å². The molecular formula is C15H15IN2O5. The molecule has 1 amide bonds. The van der Waals surface area contributed by atoms with Crippen molar-refractivity contribution >= 4 is 45.4 Å². The van der Waals surface area contributed by atoms with E-state index < -0.39 is 28.7 Å². The number of pyridine rings is 1. The highest BCUT2D eigenvalue weighted by atomic mass is 127. The second-order valence-corrected chi connectivity index (χ2v) is 6.06. The Labute approximate surface area is 145 Å². The molecule has 0 atom stereocenters. The number of H-pyrrole nitrogens is 1. The number of amides is 1. The van der Waals surface area contributed by atoms with Crippen molar-refractivity contribution in [2.24, 2.45) is 0 Å². The van der Waals surface area contributed by atoms with Crippen LogP contribution in [0.15, 0.2) is 16.9 Å². The first-order chi connectivity index (χ1) is 10.8. The molecule has 3 N–H and O–H groups in total. The Bertz CT molecular complexity index is 844. The van der Waals surface area contributed by atoms with Crippen LogP contribution in [0.1, 0.15) is 22.8 Å². The van der Waals surface area contributed by atoms with E-state index in [9.17, 15) is 19.5 Å². The fourth-order valence-corrected chi connectivity index (χ4v) is 2.96. The van der Waals surface area contributed by atoms with Crippen molar-refractivity contribution in [2.45, 2.75) is 13.8 Å². The number of fused-ring (bicyclic) bond motifs is 1. The molecule has 0 unspecified atom stereocenters. The largest absolute Gasteiger partial charge is 0.506 e. The van der Waals surface area contributed by atoms with Gasteiger partial charge in [0.05, 0.1) is 12.1 Å². The van der Waals surface area contributed by atoms with Gasteiger partial charge >= 0.3 is 5.97 Å². The molecule has 1 aromatic heterocycles. The predicted molar refractivity (Wildman–Crippen MR) is 92.7 cm³/mol. The van der Waals surface area contributed by atoms with Crippen LogP contribution in [0.25, 0.3) is 10.9 Å². The third-order valence-electron chi connectivity index (χ3n) is 3.18. The second kappa shape index (κ2) is 6.99. The zero-order valence-corrected chi connectivity index (χ0v) is 14.7. The second-order valence-electron chi connectivity index (χ2n) is 4.81. The molecule has 2 rings (SSSR count). The van der Waals surface area contributed by atoms with E-state index in [0.29, 0.717) is 10.9 Å². The van der Waals surface area contributed by atoms with Gasteiger partial charge in [-0.3, -0.25) is 14.4 Å². The van der Waals surface area contributed by atoms with Crippen LogP contribution in [0.3, 0.4) is 0 Å². The molecule has 23 heavy (non-hydrogen) atoms. The monoisotopic (exact) mass is 430 g/mol. The zero-order chi connectivity index (χ0) is 17.1. The van der Waals surface area contributed by atoms with Crippen LogP contribution in [-0.4, -0.2) is 35.1 Å². The van der Waals surface area contributed by atoms with Crippen LogP contribution in [0.4, 0.5) is 0 Å². The maximum atomic E-state index is 12.1. The molecule has 0 aliphatic carbocycles. The van der Waals surface area contributed by atoms with Gasteiger partial charge in [0, 0.05) is 8.96 Å². The summed E-state index contributed by atoms with van der Waals surface area (Å²) in [5.41, 5.74) is 0.0940. The molecule has 0 aliphatic heterocycles. The number of halogens is 1. The maximum absolute atomic E-state index is 12.1. The number of hydrogen-bond acceptors (Lipinski definition) is 5. The maximum Gasteiger partial charge on any atom is 0.325 e. The quantitative estimate of drug-likeness (QED) is 0.503. The van der Waals surface area contributed by atoms with Gasteiger partial charge in [0.25, 0.3) is 11.5 Å². The lowest BCUT2D eigenvalue weighted by molar-refractivity contribution is -0.141. The van der Waals surface area contributed by atoms with Crippen molar-refractivity contribution in [1.82, 2.24) is 10.3 Å². The van der Waals surface area contributed by atoms with Crippen LogP contribution in [-0.2, 0) is 9.53 Å². The number of hydrogen-bond donors (Lipinski definition) is 3. The fraction of sp³-hybridized carbons (Fsp3) is 0.267. The molecule has 7 nitrogen and oxygen atoms in total. The van der Waals surface area contributed by atoms with Gasteiger partial charge in [-0.1, -0.05) is 0 Å². The summed E-state index contributed by atoms with van der Waals surface area (Å²) in [5.74, 6) is -1.87. The summed E-state index contributed by atoms with van der Waals surface area (Å²) >= 11 is 2.08. The summed E-state index contributed by atoms with van der Waals surface area (Å²) < 4.78 is 5.54. The van der Waals surface area contributed by atoms with Crippen molar-refractivity contribution in [3.8, 4) is 5.75 Å². The minimum Gasteiger partial charge on any atom is -0.506 e. The molecule has 1 aromatic carbocycles. The first kappa shape index (κ1) is 17.3. The molecule has 122 valence electrons. The highest BCUT2D eigenvalue weighted by Crippen LogP contribution is 2.28. The van der Waals surface area contributed by atoms with Crippen molar-refractivity contribution in [1.29, 1.82) is 0 Å². The number of aryl methyl sites for hydroxylation is 1. The van der Waals surface area contributed by atoms with Gasteiger partial charge in [0.2, 0.25) is 0 Å². The molecule has 0 fully saturated rings. The number of nitrogens with one attached hydrogen (secondary N) is 2. The average Bonchev–Trinajstić information content (AvgIpc) is 2.47. The van der Waals surface area contributed by atoms with Gasteiger partial charge in [-0.25, -0.2) is 0 Å². The lowest BCUT2D eigenvalue weighted by Gasteiger charge is -2.10. The summed E-state index contributed by atoms with van der Waals surface area (Å²) in [6.07, 6.45) is 0. The third-order valence-corrected chi connectivity index (χ3v) is 3.81. The highest BCUT2D eigenvalue weighted by molar-refractivity contribution is 14.1. The standard InChI is InChI=1S/C15H15IN2O5/c1-3-23-10(19)6-17-14(21)11-13(20)9-5-8(16)4-7(2)12(9)18-15(11)22/h4-5H,3,6H2,1-2H3,(H,17,21)(H2,18,20,22). The molecule has 0 radical (unpaired) electrons. The molecule has 0 saturated heterocycles. The molecule has 2 aromatic rings. The lowest BCUT2D eigenvalue weighted by atomic mass is 10.1. The molecule has 0 spiro atoms. The van der Waals surface area contributed by atoms with E-state index in [0.717, 1.165) is 9.13 Å². The number of benzene rings is 1. The number of aromatic amines is 1. The molecule has 0 aliphatic rings. The predicted octanol–water partition coefficient (Wildman–Crippen LogP) is 1.44. The summed E-state index contributed by atoms with van der Waals surface area (Å²) in [5, 5.41) is 13.0. The van der Waals surface area contributed by atoms with E-state index in [2.05, 4.69) is 37.6 Å². The Hall–Kier alpha value is -2.10. The molecular weight excluding hydrogens is 415 g/mol. The van der Waals surface area contributed by atoms with Gasteiger partial charge in [0.15, 0.2) is 0 Å². The Balaban J connectivity index is 2.43. The summed E-state index contributed by atoms with van der Waals surface area (Å²) in [6.45, 7) is 3.24. The van der Waals surface area contributed by atoms with E-state index in [-0.39, 0.29) is 13.2 Å². The number of carbonyl (C=O) groups is 2. The van der Waals surface area contributed by atoms with Gasteiger partial charge in [-0.15, -0.1) is 0 Å². The normalized spacial score (nSPS) is 10.6. The smallest absolute Gasteiger partial charge is 0.325 e. The van der Waals surface area contributed by atoms with Crippen LogP contribution < -0.4 is 10.9 Å². The lowest BCUT2D eigenvalue weighted by Crippen LogP contribution is -2.34. The summed E-state index contributed by atoms with van der Waals surface area (Å²) in [6, 6.07) is 3.51. The summed E-state index contributed by atoms with van der Waals surface area (Å²) in [4.78, 5) is 38.1. The van der Waals surface area contributed by atoms with E-state index >= 15 is 0 Å². The van der Waals surface area contributed by atoms with E-state index in [4.69, 9.17) is 0 Å². The number of aromatic hydroxyl groups is 1. The average molecular weight is 430 g/mol. The number of ether oxygens (including phenoxy) is 1. The number of aromatic nitrogens is 1. The number of carbonyl (C=O) groups excluding carboxylic acids is 2. The van der Waals surface area contributed by atoms with Crippen molar-refractivity contribution in [3.05, 3.63) is 37.2 Å². The summed E-state index contributed by atoms with van der Waals surface area (Å²) in [7, 11) is 0. The number of esters is 1. The Morgan fingerprint density at radius 3 is 2.74 bits per heavy atom. The van der Waals surface area contributed by atoms with Crippen molar-refractivity contribution in [2.75, 3.05) is 13.2 Å². The van der Waals surface area contributed by atoms with Crippen molar-refractivity contribution in [3.63, 3.8) is 0 Å². The third kappa shape index (κ3) is 3.63. The topological polar surface area (TPSA) is 108 Å². The van der Waals surface area contributed by atoms with Gasteiger partial charge < -0.3 is 20.1 Å². The van der Waals surface area contributed by atoms with Crippen LogP contribution in [0.5, 0.6) is 5.75 Å². The molecule has 1 heterocycles. The fourth-order valence-electron chi connectivity index (χ4n) is 2.18. The zero-order valence-electron chi connectivity index (χ0n) is 12.5. The van der Waals surface area contributed by atoms with E-state index in [1.165, 1.54) is 0 Å². The molecule has 8 heteroatoms. The first-order valence-corrected chi connectivity index (χ1v) is 7.92. The SMILES string of the molecule is CCOC(=O)CNC(=O)c1c(O)c2cc(I)cc(C)c2[nH]c1=O. The number of rotatable bonds is 4. The van der Waals surface area contributed by atoms with Crippen LogP contribution in [0, 0.1) is 10.5 Å². The minimum absolute atomic E-state index is 0.189. The van der Waals surface area contributed by atoms with Gasteiger partial charge in [-0.2, -0.15) is 0 Å². The Kier molecular flexibility index (Phi) is 5.24. The molecule has 0 bridgehead atoms. The van der Waals surface area contributed by atoms with Gasteiger partial charge in [0.1, 0.15) is 17.9 Å². The highest BCUT2D eigenvalue weighted by Gasteiger charge is 2.20. The molecule has 0 saturated carbocycles. The van der Waals surface area contributed by atoms with Gasteiger partial charge in [-0.05, 0) is 54.1 Å². The van der Waals surface area contributed by atoms with E-state index in [1.54, 1.807) is 19.9 Å². The van der Waals surface area contributed by atoms with Crippen LogP contribution in [0.2, 0.25) is 0 Å². The Morgan fingerprint density at radius 1 is 1.39 bits per heavy atom.